The van der Waals surface area contributed by atoms with Crippen molar-refractivity contribution in [2.45, 2.75) is 180 Å². The van der Waals surface area contributed by atoms with E-state index >= 15 is 0 Å². The van der Waals surface area contributed by atoms with E-state index in [1.165, 1.54) is 37.7 Å². The van der Waals surface area contributed by atoms with Gasteiger partial charge in [0.25, 0.3) is 0 Å². The smallest absolute Gasteiger partial charge is 0.203 e. The Balaban J connectivity index is 1.34. The first-order valence-corrected chi connectivity index (χ1v) is 25.6. The summed E-state index contributed by atoms with van der Waals surface area (Å²) in [5.41, 5.74) is 4.90. The molecular weight excluding hydrogens is 651 g/mol. The van der Waals surface area contributed by atoms with E-state index in [9.17, 15) is 5.11 Å². The quantitative estimate of drug-likeness (QED) is 0.192. The largest absolute Gasteiger partial charge is 0.448 e. The van der Waals surface area contributed by atoms with Gasteiger partial charge in [0.15, 0.2) is 16.6 Å². The fourth-order valence-corrected chi connectivity index (χ4v) is 11.5. The molecule has 7 heteroatoms. The molecule has 1 N–H and O–H groups in total. The summed E-state index contributed by atoms with van der Waals surface area (Å²) in [5.74, 6) is 2.29. The van der Waals surface area contributed by atoms with E-state index in [4.69, 9.17) is 19.8 Å². The van der Waals surface area contributed by atoms with Crippen molar-refractivity contribution in [1.29, 1.82) is 0 Å². The highest BCUT2D eigenvalue weighted by molar-refractivity contribution is 6.74. The summed E-state index contributed by atoms with van der Waals surface area (Å²) in [5, 5.41) is 11.6. The molecule has 1 heterocycles. The number of fused-ring (bicyclic) bond motifs is 1. The van der Waals surface area contributed by atoms with E-state index in [1.54, 1.807) is 11.8 Å². The SMILES string of the molecule is C=C1/C(=C\C=C2/CCC[C@]3(C)[C@@H]([C@H](C)/C=C/[C@H](O)C4(c5nc(C)co5)CC4)CC[C@@H]23)C[C@@H](O[Si](C)(C)C(C)(C)C)C[C@@H]1O[Si](C)(C)C(C)(C)C. The second-order valence-electron chi connectivity index (χ2n) is 20.0. The van der Waals surface area contributed by atoms with Crippen LogP contribution in [0, 0.1) is 30.1 Å². The summed E-state index contributed by atoms with van der Waals surface area (Å²) in [6, 6.07) is 0. The molecule has 0 aromatic carbocycles. The second-order valence-corrected chi connectivity index (χ2v) is 29.5. The Bertz CT molecular complexity index is 1480. The van der Waals surface area contributed by atoms with Gasteiger partial charge in [0, 0.05) is 6.42 Å². The minimum atomic E-state index is -2.00. The van der Waals surface area contributed by atoms with E-state index < -0.39 is 22.7 Å². The third-order valence-corrected chi connectivity index (χ3v) is 23.4. The van der Waals surface area contributed by atoms with E-state index in [0.29, 0.717) is 23.6 Å². The Hall–Kier alpha value is -1.52. The molecule has 4 aliphatic carbocycles. The summed E-state index contributed by atoms with van der Waals surface area (Å²) in [6.45, 7) is 35.0. The molecule has 1 aromatic rings. The molecule has 0 saturated heterocycles. The fraction of sp³-hybridized carbons (Fsp3) is 0.744. The van der Waals surface area contributed by atoms with Crippen LogP contribution in [0.2, 0.25) is 36.3 Å². The molecule has 4 saturated carbocycles. The third kappa shape index (κ3) is 7.88. The number of aryl methyl sites for hydroxylation is 1. The Morgan fingerprint density at radius 2 is 1.62 bits per heavy atom. The minimum absolute atomic E-state index is 0.00176. The van der Waals surface area contributed by atoms with Crippen molar-refractivity contribution in [3.8, 4) is 0 Å². The van der Waals surface area contributed by atoms with Crippen LogP contribution < -0.4 is 0 Å². The lowest BCUT2D eigenvalue weighted by Gasteiger charge is -2.45. The van der Waals surface area contributed by atoms with Gasteiger partial charge in [-0.2, -0.15) is 0 Å². The number of aromatic nitrogens is 1. The molecule has 7 atom stereocenters. The molecule has 0 spiro atoms. The van der Waals surface area contributed by atoms with Crippen molar-refractivity contribution < 1.29 is 18.4 Å². The van der Waals surface area contributed by atoms with Crippen LogP contribution in [0.1, 0.15) is 125 Å². The first-order valence-electron chi connectivity index (χ1n) is 19.7. The number of aliphatic hydroxyl groups excluding tert-OH is 1. The summed E-state index contributed by atoms with van der Waals surface area (Å²) in [7, 11) is -3.96. The topological polar surface area (TPSA) is 64.7 Å². The average Bonchev–Trinajstić information content (AvgIpc) is 3.56. The molecule has 0 radical (unpaired) electrons. The highest BCUT2D eigenvalue weighted by atomic mass is 28.4. The van der Waals surface area contributed by atoms with Gasteiger partial charge in [0.1, 0.15) is 6.26 Å². The Labute approximate surface area is 307 Å². The maximum absolute atomic E-state index is 11.3. The molecule has 50 heavy (non-hydrogen) atoms. The van der Waals surface area contributed by atoms with Gasteiger partial charge in [-0.05, 0) is 129 Å². The van der Waals surface area contributed by atoms with Gasteiger partial charge in [0.2, 0.25) is 5.89 Å². The first kappa shape index (κ1) is 39.7. The molecule has 5 nitrogen and oxygen atoms in total. The molecule has 0 bridgehead atoms. The first-order chi connectivity index (χ1) is 23.0. The molecule has 0 unspecified atom stereocenters. The zero-order valence-electron chi connectivity index (χ0n) is 34.0. The fourth-order valence-electron chi connectivity index (χ4n) is 8.86. The lowest BCUT2D eigenvalue weighted by Crippen LogP contribution is -2.49. The summed E-state index contributed by atoms with van der Waals surface area (Å²) >= 11 is 0. The lowest BCUT2D eigenvalue weighted by atomic mass is 9.61. The maximum Gasteiger partial charge on any atom is 0.203 e. The molecule has 0 amide bonds. The van der Waals surface area contributed by atoms with Crippen molar-refractivity contribution in [2.24, 2.45) is 23.2 Å². The standard InChI is InChI=1S/C43H71NO4Si2/c1-29(17-22-38(45)43(24-25-43)39-44-30(2)28-46-39)35-20-21-36-32(16-15-23-42(35,36)10)18-19-33-26-34(47-49(11,12)40(4,5)6)27-37(31(33)3)48-50(13,14)41(7,8)9/h17-19,22,28-29,34-38,45H,3,15-16,20-21,23-27H2,1-2,4-14H3/b22-17+,32-18+,33-19-/t29-,34-,35-,36+,37+,38+,42-/m1/s1. The van der Waals surface area contributed by atoms with Gasteiger partial charge in [-0.25, -0.2) is 4.98 Å². The van der Waals surface area contributed by atoms with Crippen molar-refractivity contribution >= 4 is 16.6 Å². The van der Waals surface area contributed by atoms with Crippen LogP contribution in [-0.2, 0) is 14.3 Å². The lowest BCUT2D eigenvalue weighted by molar-refractivity contribution is 0.0969. The Morgan fingerprint density at radius 1 is 0.980 bits per heavy atom. The van der Waals surface area contributed by atoms with Gasteiger partial charge in [0.05, 0.1) is 29.4 Å². The van der Waals surface area contributed by atoms with Crippen LogP contribution >= 0.6 is 0 Å². The van der Waals surface area contributed by atoms with Crippen LogP contribution in [0.25, 0.3) is 0 Å². The Kier molecular flexibility index (Phi) is 11.1. The van der Waals surface area contributed by atoms with Crippen molar-refractivity contribution in [2.75, 3.05) is 0 Å². The van der Waals surface area contributed by atoms with E-state index in [0.717, 1.165) is 37.0 Å². The van der Waals surface area contributed by atoms with Crippen LogP contribution in [0.15, 0.2) is 58.3 Å². The zero-order chi connectivity index (χ0) is 37.1. The van der Waals surface area contributed by atoms with E-state index in [1.807, 2.05) is 6.92 Å². The molecular formula is C43H71NO4Si2. The van der Waals surface area contributed by atoms with E-state index in [2.05, 4.69) is 111 Å². The predicted molar refractivity (Wildman–Crippen MR) is 213 cm³/mol. The summed E-state index contributed by atoms with van der Waals surface area (Å²) in [4.78, 5) is 4.57. The van der Waals surface area contributed by atoms with Crippen molar-refractivity contribution in [3.63, 3.8) is 0 Å². The molecule has 0 aliphatic heterocycles. The second kappa shape index (κ2) is 14.0. The molecule has 1 aromatic heterocycles. The number of hydrogen-bond donors (Lipinski definition) is 1. The van der Waals surface area contributed by atoms with Gasteiger partial charge in [-0.15, -0.1) is 0 Å². The number of allylic oxidation sites excluding steroid dienone is 4. The van der Waals surface area contributed by atoms with Gasteiger partial charge in [-0.1, -0.05) is 91.8 Å². The third-order valence-electron chi connectivity index (χ3n) is 14.4. The number of rotatable bonds is 10. The minimum Gasteiger partial charge on any atom is -0.448 e. The van der Waals surface area contributed by atoms with Crippen molar-refractivity contribution in [1.82, 2.24) is 4.98 Å². The number of nitrogens with zero attached hydrogens (tertiary/aromatic N) is 1. The van der Waals surface area contributed by atoms with Crippen molar-refractivity contribution in [3.05, 3.63) is 65.5 Å². The highest BCUT2D eigenvalue weighted by Gasteiger charge is 2.54. The van der Waals surface area contributed by atoms with Crippen LogP contribution in [-0.4, -0.2) is 45.0 Å². The van der Waals surface area contributed by atoms with Crippen LogP contribution in [0.4, 0.5) is 0 Å². The summed E-state index contributed by atoms with van der Waals surface area (Å²) in [6.07, 6.45) is 20.4. The molecule has 280 valence electrons. The van der Waals surface area contributed by atoms with Gasteiger partial charge in [-0.3, -0.25) is 0 Å². The predicted octanol–water partition coefficient (Wildman–Crippen LogP) is 11.8. The van der Waals surface area contributed by atoms with Crippen LogP contribution in [0.3, 0.4) is 0 Å². The number of oxazole rings is 1. The van der Waals surface area contributed by atoms with Gasteiger partial charge < -0.3 is 18.4 Å². The zero-order valence-corrected chi connectivity index (χ0v) is 36.0. The Morgan fingerprint density at radius 3 is 2.20 bits per heavy atom. The van der Waals surface area contributed by atoms with Crippen LogP contribution in [0.5, 0.6) is 0 Å². The number of hydrogen-bond acceptors (Lipinski definition) is 5. The average molecular weight is 722 g/mol. The number of aliphatic hydroxyl groups is 1. The van der Waals surface area contributed by atoms with Gasteiger partial charge >= 0.3 is 0 Å². The van der Waals surface area contributed by atoms with E-state index in [-0.39, 0.29) is 33.1 Å². The summed E-state index contributed by atoms with van der Waals surface area (Å²) < 4.78 is 19.9. The molecule has 4 fully saturated rings. The molecule has 4 aliphatic rings. The normalized spacial score (nSPS) is 32.2. The molecule has 5 rings (SSSR count). The monoisotopic (exact) mass is 721 g/mol. The highest BCUT2D eigenvalue weighted by Crippen LogP contribution is 2.60. The maximum atomic E-state index is 11.3.